The number of anilines is 2. The van der Waals surface area contributed by atoms with Crippen LogP contribution < -0.4 is 10.2 Å². The van der Waals surface area contributed by atoms with E-state index in [0.29, 0.717) is 16.8 Å². The van der Waals surface area contributed by atoms with E-state index < -0.39 is 24.7 Å². The molecule has 3 aromatic heterocycles. The molecule has 0 saturated heterocycles. The zero-order valence-corrected chi connectivity index (χ0v) is 16.4. The molecule has 13 heteroatoms. The van der Waals surface area contributed by atoms with Gasteiger partial charge in [-0.1, -0.05) is 0 Å². The molecule has 0 radical (unpaired) electrons. The number of aromatic nitrogens is 5. The summed E-state index contributed by atoms with van der Waals surface area (Å²) in [5.74, 6) is 0.0562. The van der Waals surface area contributed by atoms with Gasteiger partial charge in [-0.3, -0.25) is 0 Å². The van der Waals surface area contributed by atoms with Gasteiger partial charge in [-0.2, -0.15) is 18.3 Å². The Morgan fingerprint density at radius 2 is 2.03 bits per heavy atom. The van der Waals surface area contributed by atoms with Gasteiger partial charge in [0, 0.05) is 43.2 Å². The quantitative estimate of drug-likeness (QED) is 0.437. The predicted octanol–water partition coefficient (Wildman–Crippen LogP) is 3.73. The maximum absolute atomic E-state index is 13.4. The molecule has 4 heterocycles. The summed E-state index contributed by atoms with van der Waals surface area (Å²) in [6.07, 6.45) is -1.80. The molecule has 168 valence electrons. The van der Waals surface area contributed by atoms with Gasteiger partial charge in [0.15, 0.2) is 11.5 Å². The fourth-order valence-electron chi connectivity index (χ4n) is 3.44. The minimum Gasteiger partial charge on any atom is -0.351 e. The Morgan fingerprint density at radius 1 is 1.22 bits per heavy atom. The number of pyridine rings is 1. The highest BCUT2D eigenvalue weighted by Crippen LogP contribution is 2.36. The second kappa shape index (κ2) is 8.48. The second-order valence-electron chi connectivity index (χ2n) is 7.00. The molecule has 0 unspecified atom stereocenters. The van der Waals surface area contributed by atoms with Crippen LogP contribution in [0.5, 0.6) is 0 Å². The van der Waals surface area contributed by atoms with Crippen molar-refractivity contribution in [2.75, 3.05) is 23.3 Å². The summed E-state index contributed by atoms with van der Waals surface area (Å²) in [7, 11) is 0. The maximum atomic E-state index is 13.4. The van der Waals surface area contributed by atoms with E-state index in [4.69, 9.17) is 5.41 Å². The molecule has 4 rings (SSSR count). The highest BCUT2D eigenvalue weighted by molar-refractivity contribution is 5.81. The smallest absolute Gasteiger partial charge is 0.351 e. The Labute approximate surface area is 178 Å². The fraction of sp³-hybridized carbons (Fsp3) is 0.316. The Hall–Kier alpha value is -3.64. The van der Waals surface area contributed by atoms with E-state index in [2.05, 4.69) is 25.4 Å². The second-order valence-corrected chi connectivity index (χ2v) is 7.00. The Morgan fingerprint density at radius 3 is 2.75 bits per heavy atom. The molecule has 0 saturated carbocycles. The van der Waals surface area contributed by atoms with Gasteiger partial charge in [0.1, 0.15) is 17.9 Å². The normalized spacial score (nSPS) is 15.0. The van der Waals surface area contributed by atoms with E-state index in [1.807, 2.05) is 0 Å². The first kappa shape index (κ1) is 21.6. The Bertz CT molecular complexity index is 1170. The first-order valence-corrected chi connectivity index (χ1v) is 9.49. The third kappa shape index (κ3) is 4.36. The van der Waals surface area contributed by atoms with Gasteiger partial charge in [0.05, 0.1) is 18.0 Å². The monoisotopic (exact) mass is 452 g/mol. The van der Waals surface area contributed by atoms with Crippen molar-refractivity contribution in [3.8, 4) is 0 Å². The largest absolute Gasteiger partial charge is 0.419 e. The number of fused-ring (bicyclic) bond motifs is 1. The Balaban J connectivity index is 1.59. The summed E-state index contributed by atoms with van der Waals surface area (Å²) in [5.41, 5.74) is 0.701. The van der Waals surface area contributed by atoms with Crippen molar-refractivity contribution in [3.05, 3.63) is 47.6 Å². The standard InChI is InChI=1S/C19H17F5N8/c20-15(21)10-32-18-14(7-28-32)27-8-16(30-18)29-13-3-5-31(9-11(13)6-25)17-12(19(22,23)24)2-1-4-26-17/h1-2,4,6-8,15,25H,3,5,9-10H2,(H,29,30). The topological polar surface area (TPSA) is 95.6 Å². The van der Waals surface area contributed by atoms with Crippen LogP contribution in [-0.2, 0) is 12.7 Å². The molecule has 1 aliphatic rings. The fourth-order valence-corrected chi connectivity index (χ4v) is 3.44. The van der Waals surface area contributed by atoms with Crippen LogP contribution in [0.4, 0.5) is 33.6 Å². The summed E-state index contributed by atoms with van der Waals surface area (Å²) in [6, 6.07) is 2.20. The molecule has 0 aliphatic carbocycles. The van der Waals surface area contributed by atoms with Crippen LogP contribution in [0.15, 0.2) is 42.0 Å². The van der Waals surface area contributed by atoms with Gasteiger partial charge < -0.3 is 15.6 Å². The van der Waals surface area contributed by atoms with Crippen LogP contribution in [0, 0.1) is 5.41 Å². The minimum atomic E-state index is -4.55. The minimum absolute atomic E-state index is 0.0327. The van der Waals surface area contributed by atoms with Gasteiger partial charge in [-0.05, 0) is 12.1 Å². The van der Waals surface area contributed by atoms with Gasteiger partial charge in [0.2, 0.25) is 0 Å². The summed E-state index contributed by atoms with van der Waals surface area (Å²) >= 11 is 0. The Kier molecular flexibility index (Phi) is 5.72. The zero-order valence-electron chi connectivity index (χ0n) is 16.4. The highest BCUT2D eigenvalue weighted by atomic mass is 19.4. The molecule has 2 N–H and O–H groups in total. The summed E-state index contributed by atoms with van der Waals surface area (Å²) in [4.78, 5) is 13.8. The van der Waals surface area contributed by atoms with Crippen molar-refractivity contribution in [3.63, 3.8) is 0 Å². The molecule has 8 nitrogen and oxygen atoms in total. The molecule has 0 amide bonds. The number of alkyl halides is 5. The number of halogens is 5. The van der Waals surface area contributed by atoms with E-state index in [9.17, 15) is 22.0 Å². The number of nitrogens with zero attached hydrogens (tertiary/aromatic N) is 6. The summed E-state index contributed by atoms with van der Waals surface area (Å²) < 4.78 is 66.6. The number of hydrogen-bond acceptors (Lipinski definition) is 7. The van der Waals surface area contributed by atoms with Gasteiger partial charge in [-0.25, -0.2) is 28.4 Å². The average Bonchev–Trinajstić information content (AvgIpc) is 3.15. The molecule has 1 aliphatic heterocycles. The molecule has 3 aromatic rings. The zero-order chi connectivity index (χ0) is 22.9. The van der Waals surface area contributed by atoms with Crippen LogP contribution in [-0.4, -0.2) is 50.5 Å². The highest BCUT2D eigenvalue weighted by Gasteiger charge is 2.36. The van der Waals surface area contributed by atoms with Gasteiger partial charge >= 0.3 is 6.18 Å². The molecular formula is C19H17F5N8. The lowest BCUT2D eigenvalue weighted by Crippen LogP contribution is -2.35. The SMILES string of the molecule is N=CC1=C(Nc2cnc3cnn(CC(F)F)c3n2)CCN(c2ncccc2C(F)(F)F)C1. The first-order chi connectivity index (χ1) is 15.3. The van der Waals surface area contributed by atoms with Crippen molar-refractivity contribution < 1.29 is 22.0 Å². The van der Waals surface area contributed by atoms with Crippen molar-refractivity contribution in [1.29, 1.82) is 5.41 Å². The summed E-state index contributed by atoms with van der Waals surface area (Å²) in [6.45, 7) is -0.375. The summed E-state index contributed by atoms with van der Waals surface area (Å²) in [5, 5.41) is 14.6. The van der Waals surface area contributed by atoms with Crippen molar-refractivity contribution in [2.24, 2.45) is 0 Å². The third-order valence-corrected chi connectivity index (χ3v) is 4.88. The van der Waals surface area contributed by atoms with Crippen LogP contribution in [0.1, 0.15) is 12.0 Å². The number of hydrogen-bond donors (Lipinski definition) is 2. The van der Waals surface area contributed by atoms with Crippen LogP contribution >= 0.6 is 0 Å². The van der Waals surface area contributed by atoms with Crippen molar-refractivity contribution in [1.82, 2.24) is 24.7 Å². The van der Waals surface area contributed by atoms with E-state index in [0.717, 1.165) is 17.0 Å². The van der Waals surface area contributed by atoms with Crippen LogP contribution in [0.25, 0.3) is 11.2 Å². The van der Waals surface area contributed by atoms with E-state index in [1.165, 1.54) is 29.6 Å². The molecular weight excluding hydrogens is 435 g/mol. The number of nitrogens with one attached hydrogen (secondary N) is 2. The lowest BCUT2D eigenvalue weighted by molar-refractivity contribution is -0.137. The van der Waals surface area contributed by atoms with Gasteiger partial charge in [0.25, 0.3) is 6.43 Å². The maximum Gasteiger partial charge on any atom is 0.419 e. The molecule has 0 fully saturated rings. The lowest BCUT2D eigenvalue weighted by atomic mass is 10.1. The molecule has 32 heavy (non-hydrogen) atoms. The molecule has 0 spiro atoms. The van der Waals surface area contributed by atoms with E-state index in [1.54, 1.807) is 0 Å². The molecule has 0 atom stereocenters. The first-order valence-electron chi connectivity index (χ1n) is 9.49. The van der Waals surface area contributed by atoms with Crippen molar-refractivity contribution >= 4 is 29.0 Å². The van der Waals surface area contributed by atoms with Crippen LogP contribution in [0.2, 0.25) is 0 Å². The average molecular weight is 452 g/mol. The van der Waals surface area contributed by atoms with E-state index >= 15 is 0 Å². The predicted molar refractivity (Wildman–Crippen MR) is 107 cm³/mol. The third-order valence-electron chi connectivity index (χ3n) is 4.88. The number of rotatable bonds is 6. The molecule has 0 aromatic carbocycles. The van der Waals surface area contributed by atoms with Gasteiger partial charge in [-0.15, -0.1) is 0 Å². The molecule has 0 bridgehead atoms. The lowest BCUT2D eigenvalue weighted by Gasteiger charge is -2.32. The van der Waals surface area contributed by atoms with E-state index in [-0.39, 0.29) is 36.8 Å². The van der Waals surface area contributed by atoms with Crippen LogP contribution in [0.3, 0.4) is 0 Å². The van der Waals surface area contributed by atoms with Crippen molar-refractivity contribution in [2.45, 2.75) is 25.6 Å².